The molecule has 1 aliphatic rings. The first kappa shape index (κ1) is 14.8. The minimum Gasteiger partial charge on any atom is -0.352 e. The zero-order valence-corrected chi connectivity index (χ0v) is 13.4. The Morgan fingerprint density at radius 1 is 1.23 bits per heavy atom. The Kier molecular flexibility index (Phi) is 4.27. The molecule has 4 nitrogen and oxygen atoms in total. The van der Waals surface area contributed by atoms with Gasteiger partial charge in [-0.05, 0) is 68.9 Å². The zero-order valence-electron chi connectivity index (χ0n) is 13.4. The third kappa shape index (κ3) is 3.21. The van der Waals surface area contributed by atoms with Gasteiger partial charge in [-0.15, -0.1) is 0 Å². The molecule has 116 valence electrons. The highest BCUT2D eigenvalue weighted by Crippen LogP contribution is 2.22. The SMILES string of the molecule is Cc1cc(C)n(CCCNC(=O)c2ccc3c(c2)CCC3)n1. The normalized spacial score (nSPS) is 13.2. The van der Waals surface area contributed by atoms with Crippen LogP contribution in [-0.2, 0) is 19.4 Å². The Bertz CT molecular complexity index is 688. The summed E-state index contributed by atoms with van der Waals surface area (Å²) in [6, 6.07) is 8.18. The van der Waals surface area contributed by atoms with Crippen LogP contribution in [0.4, 0.5) is 0 Å². The molecule has 0 fully saturated rings. The lowest BCUT2D eigenvalue weighted by molar-refractivity contribution is 0.0952. The van der Waals surface area contributed by atoms with E-state index in [-0.39, 0.29) is 5.91 Å². The maximum absolute atomic E-state index is 12.2. The number of carbonyl (C=O) groups excluding carboxylic acids is 1. The van der Waals surface area contributed by atoms with E-state index in [1.165, 1.54) is 23.2 Å². The largest absolute Gasteiger partial charge is 0.352 e. The van der Waals surface area contributed by atoms with Crippen molar-refractivity contribution in [2.24, 2.45) is 0 Å². The number of fused-ring (bicyclic) bond motifs is 1. The van der Waals surface area contributed by atoms with Crippen molar-refractivity contribution in [2.75, 3.05) is 6.54 Å². The maximum Gasteiger partial charge on any atom is 0.251 e. The third-order valence-corrected chi connectivity index (χ3v) is 4.30. The summed E-state index contributed by atoms with van der Waals surface area (Å²) in [4.78, 5) is 12.2. The lowest BCUT2D eigenvalue weighted by Crippen LogP contribution is -2.25. The molecular weight excluding hydrogens is 274 g/mol. The highest BCUT2D eigenvalue weighted by atomic mass is 16.1. The lowest BCUT2D eigenvalue weighted by atomic mass is 10.1. The molecule has 1 heterocycles. The highest BCUT2D eigenvalue weighted by molar-refractivity contribution is 5.94. The topological polar surface area (TPSA) is 46.9 Å². The van der Waals surface area contributed by atoms with Gasteiger partial charge in [0.15, 0.2) is 0 Å². The van der Waals surface area contributed by atoms with Crippen LogP contribution in [0.1, 0.15) is 45.7 Å². The molecule has 1 aromatic heterocycles. The number of benzene rings is 1. The number of hydrogen-bond donors (Lipinski definition) is 1. The van der Waals surface area contributed by atoms with Crippen LogP contribution in [0.5, 0.6) is 0 Å². The predicted molar refractivity (Wildman–Crippen MR) is 87.1 cm³/mol. The van der Waals surface area contributed by atoms with Gasteiger partial charge in [0.05, 0.1) is 5.69 Å². The Hall–Kier alpha value is -2.10. The fraction of sp³-hybridized carbons (Fsp3) is 0.444. The van der Waals surface area contributed by atoms with Gasteiger partial charge >= 0.3 is 0 Å². The first-order valence-corrected chi connectivity index (χ1v) is 8.04. The van der Waals surface area contributed by atoms with Crippen molar-refractivity contribution < 1.29 is 4.79 Å². The molecule has 1 amide bonds. The van der Waals surface area contributed by atoms with Crippen LogP contribution in [0.25, 0.3) is 0 Å². The molecule has 1 aliphatic carbocycles. The highest BCUT2D eigenvalue weighted by Gasteiger charge is 2.13. The number of hydrogen-bond acceptors (Lipinski definition) is 2. The molecule has 0 unspecified atom stereocenters. The van der Waals surface area contributed by atoms with E-state index in [4.69, 9.17) is 0 Å². The fourth-order valence-corrected chi connectivity index (χ4v) is 3.15. The van der Waals surface area contributed by atoms with Crippen molar-refractivity contribution in [3.8, 4) is 0 Å². The van der Waals surface area contributed by atoms with Crippen molar-refractivity contribution in [1.82, 2.24) is 15.1 Å². The smallest absolute Gasteiger partial charge is 0.251 e. The number of aromatic nitrogens is 2. The molecule has 4 heteroatoms. The summed E-state index contributed by atoms with van der Waals surface area (Å²) in [7, 11) is 0. The van der Waals surface area contributed by atoms with Crippen LogP contribution in [0.2, 0.25) is 0 Å². The number of rotatable bonds is 5. The summed E-state index contributed by atoms with van der Waals surface area (Å²) in [5.74, 6) is 0.0306. The summed E-state index contributed by atoms with van der Waals surface area (Å²) < 4.78 is 2.00. The van der Waals surface area contributed by atoms with Crippen LogP contribution in [0, 0.1) is 13.8 Å². The van der Waals surface area contributed by atoms with Crippen molar-refractivity contribution in [3.63, 3.8) is 0 Å². The summed E-state index contributed by atoms with van der Waals surface area (Å²) in [6.07, 6.45) is 4.36. The molecule has 3 rings (SSSR count). The molecular formula is C18H23N3O. The van der Waals surface area contributed by atoms with E-state index in [2.05, 4.69) is 35.5 Å². The second-order valence-electron chi connectivity index (χ2n) is 6.10. The van der Waals surface area contributed by atoms with Crippen LogP contribution in [0.15, 0.2) is 24.3 Å². The molecule has 0 aliphatic heterocycles. The number of amides is 1. The summed E-state index contributed by atoms with van der Waals surface area (Å²) in [5, 5.41) is 7.43. The minimum absolute atomic E-state index is 0.0306. The number of carbonyl (C=O) groups is 1. The number of nitrogens with one attached hydrogen (secondary N) is 1. The van der Waals surface area contributed by atoms with Gasteiger partial charge in [0.1, 0.15) is 0 Å². The van der Waals surface area contributed by atoms with Gasteiger partial charge in [0.25, 0.3) is 5.91 Å². The van der Waals surface area contributed by atoms with E-state index in [0.717, 1.165) is 37.1 Å². The van der Waals surface area contributed by atoms with Gasteiger partial charge in [-0.2, -0.15) is 5.10 Å². The van der Waals surface area contributed by atoms with Gasteiger partial charge < -0.3 is 5.32 Å². The molecule has 0 bridgehead atoms. The van der Waals surface area contributed by atoms with Crippen molar-refractivity contribution in [1.29, 1.82) is 0 Å². The molecule has 0 spiro atoms. The average Bonchev–Trinajstić information content (AvgIpc) is 3.08. The molecule has 1 N–H and O–H groups in total. The molecule has 0 radical (unpaired) electrons. The summed E-state index contributed by atoms with van der Waals surface area (Å²) in [5.41, 5.74) is 5.74. The minimum atomic E-state index is 0.0306. The quantitative estimate of drug-likeness (QED) is 0.863. The Balaban J connectivity index is 1.49. The first-order chi connectivity index (χ1) is 10.6. The van der Waals surface area contributed by atoms with Crippen LogP contribution in [0.3, 0.4) is 0 Å². The van der Waals surface area contributed by atoms with E-state index >= 15 is 0 Å². The van der Waals surface area contributed by atoms with Crippen molar-refractivity contribution >= 4 is 5.91 Å². The Morgan fingerprint density at radius 2 is 2.05 bits per heavy atom. The Morgan fingerprint density at radius 3 is 2.82 bits per heavy atom. The third-order valence-electron chi connectivity index (χ3n) is 4.30. The summed E-state index contributed by atoms with van der Waals surface area (Å²) in [6.45, 7) is 5.57. The van der Waals surface area contributed by atoms with Gasteiger partial charge in [0, 0.05) is 24.3 Å². The molecule has 0 saturated carbocycles. The van der Waals surface area contributed by atoms with E-state index in [0.29, 0.717) is 6.54 Å². The summed E-state index contributed by atoms with van der Waals surface area (Å²) >= 11 is 0. The van der Waals surface area contributed by atoms with E-state index in [1.807, 2.05) is 17.7 Å². The Labute approximate surface area is 131 Å². The van der Waals surface area contributed by atoms with Crippen LogP contribution < -0.4 is 5.32 Å². The fourth-order valence-electron chi connectivity index (χ4n) is 3.15. The molecule has 1 aromatic carbocycles. The van der Waals surface area contributed by atoms with E-state index in [9.17, 15) is 4.79 Å². The van der Waals surface area contributed by atoms with Gasteiger partial charge in [0.2, 0.25) is 0 Å². The first-order valence-electron chi connectivity index (χ1n) is 8.04. The molecule has 0 atom stereocenters. The standard InChI is InChI=1S/C18H23N3O/c1-13-11-14(2)21(20-13)10-4-9-19-18(22)17-8-7-15-5-3-6-16(15)12-17/h7-8,11-12H,3-6,9-10H2,1-2H3,(H,19,22). The number of aryl methyl sites for hydroxylation is 5. The van der Waals surface area contributed by atoms with E-state index < -0.39 is 0 Å². The van der Waals surface area contributed by atoms with Crippen molar-refractivity contribution in [2.45, 2.75) is 46.1 Å². The zero-order chi connectivity index (χ0) is 15.5. The predicted octanol–water partition coefficient (Wildman–Crippen LogP) is 2.81. The second kappa shape index (κ2) is 6.34. The van der Waals surface area contributed by atoms with Gasteiger partial charge in [-0.1, -0.05) is 6.07 Å². The van der Waals surface area contributed by atoms with Gasteiger partial charge in [-0.25, -0.2) is 0 Å². The second-order valence-corrected chi connectivity index (χ2v) is 6.10. The lowest BCUT2D eigenvalue weighted by Gasteiger charge is -2.08. The molecule has 0 saturated heterocycles. The molecule has 2 aromatic rings. The van der Waals surface area contributed by atoms with Crippen LogP contribution >= 0.6 is 0 Å². The molecule has 22 heavy (non-hydrogen) atoms. The van der Waals surface area contributed by atoms with Gasteiger partial charge in [-0.3, -0.25) is 9.48 Å². The monoisotopic (exact) mass is 297 g/mol. The average molecular weight is 297 g/mol. The maximum atomic E-state index is 12.2. The van der Waals surface area contributed by atoms with Crippen molar-refractivity contribution in [3.05, 3.63) is 52.3 Å². The van der Waals surface area contributed by atoms with Crippen LogP contribution in [-0.4, -0.2) is 22.2 Å². The number of nitrogens with zero attached hydrogens (tertiary/aromatic N) is 2. The van der Waals surface area contributed by atoms with E-state index in [1.54, 1.807) is 0 Å².